The monoisotopic (exact) mass is 426 g/mol. The average Bonchev–Trinajstić information content (AvgIpc) is 3.33. The average molecular weight is 426 g/mol. The summed E-state index contributed by atoms with van der Waals surface area (Å²) in [5.41, 5.74) is 0.366. The van der Waals surface area contributed by atoms with E-state index in [0.717, 1.165) is 24.9 Å². The molecule has 1 aliphatic rings. The van der Waals surface area contributed by atoms with Gasteiger partial charge >= 0.3 is 6.09 Å². The van der Waals surface area contributed by atoms with E-state index in [0.29, 0.717) is 11.5 Å². The largest absolute Gasteiger partial charge is 0.465 e. The van der Waals surface area contributed by atoms with E-state index in [1.54, 1.807) is 12.1 Å². The Hall–Kier alpha value is -3.69. The van der Waals surface area contributed by atoms with Crippen molar-refractivity contribution in [2.45, 2.75) is 38.4 Å². The van der Waals surface area contributed by atoms with Crippen LogP contribution in [0.2, 0.25) is 0 Å². The Balaban J connectivity index is 1.64. The maximum absolute atomic E-state index is 13.7. The van der Waals surface area contributed by atoms with Crippen molar-refractivity contribution in [1.82, 2.24) is 25.2 Å². The molecule has 3 aromatic rings. The lowest BCUT2D eigenvalue weighted by Gasteiger charge is -2.26. The van der Waals surface area contributed by atoms with E-state index >= 15 is 0 Å². The van der Waals surface area contributed by atoms with E-state index in [1.807, 2.05) is 12.1 Å². The topological polar surface area (TPSA) is 112 Å². The summed E-state index contributed by atoms with van der Waals surface area (Å²) in [6, 6.07) is 10.1. The molecule has 31 heavy (non-hydrogen) atoms. The van der Waals surface area contributed by atoms with Gasteiger partial charge in [-0.2, -0.15) is 0 Å². The number of anilines is 1. The fourth-order valence-electron chi connectivity index (χ4n) is 3.92. The molecule has 0 spiro atoms. The summed E-state index contributed by atoms with van der Waals surface area (Å²) in [6.07, 6.45) is 1.95. The molecule has 1 aliphatic heterocycles. The van der Waals surface area contributed by atoms with Crippen LogP contribution in [0.3, 0.4) is 0 Å². The van der Waals surface area contributed by atoms with Crippen LogP contribution < -0.4 is 15.5 Å². The van der Waals surface area contributed by atoms with Crippen molar-refractivity contribution in [3.63, 3.8) is 0 Å². The number of fused-ring (bicyclic) bond motifs is 1. The van der Waals surface area contributed by atoms with Crippen LogP contribution in [0, 0.1) is 5.82 Å². The number of rotatable bonds is 5. The smallest absolute Gasteiger partial charge is 0.406 e. The highest BCUT2D eigenvalue weighted by molar-refractivity contribution is 5.93. The molecule has 1 fully saturated rings. The standard InChI is InChI=1S/C21H23FN6O3/c1-21(2,25-20(30)31)24-19(29)16-12-23-17-8-9-18(26-28(16)17)27-10-4-7-15(27)13-5-3-6-14(22)11-13/h3,5-6,8-9,11-12,15,25H,4,7,10H2,1-2H3,(H,24,29)(H,30,31)/t15-/m0/s1. The van der Waals surface area contributed by atoms with Gasteiger partial charge < -0.3 is 15.3 Å². The number of aromatic nitrogens is 3. The first kappa shape index (κ1) is 20.6. The van der Waals surface area contributed by atoms with Crippen molar-refractivity contribution in [3.8, 4) is 0 Å². The van der Waals surface area contributed by atoms with Crippen LogP contribution in [-0.4, -0.2) is 43.9 Å². The van der Waals surface area contributed by atoms with E-state index in [1.165, 1.54) is 36.7 Å². The molecule has 0 saturated carbocycles. The van der Waals surface area contributed by atoms with Gasteiger partial charge in [0, 0.05) is 6.54 Å². The summed E-state index contributed by atoms with van der Waals surface area (Å²) in [6.45, 7) is 3.83. The Bertz CT molecular complexity index is 1150. The summed E-state index contributed by atoms with van der Waals surface area (Å²) < 4.78 is 15.2. The van der Waals surface area contributed by atoms with Gasteiger partial charge in [-0.15, -0.1) is 5.10 Å². The van der Waals surface area contributed by atoms with Crippen LogP contribution in [0.4, 0.5) is 15.0 Å². The van der Waals surface area contributed by atoms with Crippen molar-refractivity contribution in [1.29, 1.82) is 0 Å². The number of halogens is 1. The molecular formula is C21H23FN6O3. The van der Waals surface area contributed by atoms with E-state index in [9.17, 15) is 14.0 Å². The minimum Gasteiger partial charge on any atom is -0.465 e. The highest BCUT2D eigenvalue weighted by Crippen LogP contribution is 2.35. The summed E-state index contributed by atoms with van der Waals surface area (Å²) >= 11 is 0. The van der Waals surface area contributed by atoms with Crippen molar-refractivity contribution in [2.75, 3.05) is 11.4 Å². The molecule has 1 atom stereocenters. The third-order valence-corrected chi connectivity index (χ3v) is 5.21. The van der Waals surface area contributed by atoms with Gasteiger partial charge in [0.25, 0.3) is 5.91 Å². The van der Waals surface area contributed by atoms with Gasteiger partial charge in [-0.25, -0.2) is 18.7 Å². The first-order valence-electron chi connectivity index (χ1n) is 9.94. The summed E-state index contributed by atoms with van der Waals surface area (Å²) in [5, 5.41) is 18.4. The number of imidazole rings is 1. The predicted octanol–water partition coefficient (Wildman–Crippen LogP) is 2.94. The van der Waals surface area contributed by atoms with Gasteiger partial charge in [-0.05, 0) is 56.5 Å². The Kier molecular flexibility index (Phi) is 5.22. The second-order valence-corrected chi connectivity index (χ2v) is 8.02. The molecular weight excluding hydrogens is 403 g/mol. The fourth-order valence-corrected chi connectivity index (χ4v) is 3.92. The lowest BCUT2D eigenvalue weighted by Crippen LogP contribution is -2.56. The fraction of sp³-hybridized carbons (Fsp3) is 0.333. The third kappa shape index (κ3) is 4.27. The van der Waals surface area contributed by atoms with Gasteiger partial charge in [-0.1, -0.05) is 12.1 Å². The zero-order chi connectivity index (χ0) is 22.2. The van der Waals surface area contributed by atoms with Gasteiger partial charge in [-0.3, -0.25) is 10.1 Å². The lowest BCUT2D eigenvalue weighted by molar-refractivity contribution is 0.0889. The SMILES string of the molecule is CC(C)(NC(=O)O)NC(=O)c1cnc2ccc(N3CCC[C@H]3c3cccc(F)c3)nn12. The number of carbonyl (C=O) groups excluding carboxylic acids is 1. The summed E-state index contributed by atoms with van der Waals surface area (Å²) in [7, 11) is 0. The molecule has 10 heteroatoms. The van der Waals surface area contributed by atoms with Crippen molar-refractivity contribution < 1.29 is 19.1 Å². The van der Waals surface area contributed by atoms with Crippen LogP contribution >= 0.6 is 0 Å². The molecule has 0 radical (unpaired) electrons. The van der Waals surface area contributed by atoms with Crippen molar-refractivity contribution in [2.24, 2.45) is 0 Å². The van der Waals surface area contributed by atoms with Gasteiger partial charge in [0.2, 0.25) is 0 Å². The third-order valence-electron chi connectivity index (χ3n) is 5.21. The summed E-state index contributed by atoms with van der Waals surface area (Å²) in [5.74, 6) is -0.146. The van der Waals surface area contributed by atoms with Gasteiger partial charge in [0.15, 0.2) is 11.3 Å². The van der Waals surface area contributed by atoms with Crippen molar-refractivity contribution >= 4 is 23.5 Å². The minimum absolute atomic E-state index is 0.0138. The number of carboxylic acid groups (broad SMARTS) is 1. The van der Waals surface area contributed by atoms with Crippen LogP contribution in [0.15, 0.2) is 42.6 Å². The quantitative estimate of drug-likeness (QED) is 0.541. The zero-order valence-corrected chi connectivity index (χ0v) is 17.2. The van der Waals surface area contributed by atoms with E-state index in [4.69, 9.17) is 5.11 Å². The number of carbonyl (C=O) groups is 2. The first-order chi connectivity index (χ1) is 14.7. The van der Waals surface area contributed by atoms with E-state index in [-0.39, 0.29) is 17.6 Å². The van der Waals surface area contributed by atoms with Crippen molar-refractivity contribution in [3.05, 3.63) is 59.7 Å². The molecule has 3 N–H and O–H groups in total. The molecule has 1 aromatic carbocycles. The Labute approximate surface area is 177 Å². The molecule has 9 nitrogen and oxygen atoms in total. The first-order valence-corrected chi connectivity index (χ1v) is 9.94. The number of nitrogens with zero attached hydrogens (tertiary/aromatic N) is 4. The Morgan fingerprint density at radius 2 is 2.03 bits per heavy atom. The molecule has 0 unspecified atom stereocenters. The summed E-state index contributed by atoms with van der Waals surface area (Å²) in [4.78, 5) is 30.0. The van der Waals surface area contributed by atoms with Crippen LogP contribution in [0.1, 0.15) is 48.8 Å². The number of nitrogens with one attached hydrogen (secondary N) is 2. The molecule has 1 saturated heterocycles. The predicted molar refractivity (Wildman–Crippen MR) is 111 cm³/mol. The number of benzene rings is 1. The molecule has 0 bridgehead atoms. The molecule has 3 heterocycles. The van der Waals surface area contributed by atoms with Crippen LogP contribution in [0.5, 0.6) is 0 Å². The Morgan fingerprint density at radius 1 is 1.23 bits per heavy atom. The highest BCUT2D eigenvalue weighted by atomic mass is 19.1. The number of hydrogen-bond acceptors (Lipinski definition) is 5. The minimum atomic E-state index is -1.25. The maximum Gasteiger partial charge on any atom is 0.406 e. The molecule has 162 valence electrons. The highest BCUT2D eigenvalue weighted by Gasteiger charge is 2.29. The lowest BCUT2D eigenvalue weighted by atomic mass is 10.0. The normalized spacial score (nSPS) is 16.5. The molecule has 2 aromatic heterocycles. The number of hydrogen-bond donors (Lipinski definition) is 3. The molecule has 0 aliphatic carbocycles. The van der Waals surface area contributed by atoms with Gasteiger partial charge in [0.05, 0.1) is 12.2 Å². The number of amides is 2. The second kappa shape index (κ2) is 7.86. The molecule has 2 amide bonds. The zero-order valence-electron chi connectivity index (χ0n) is 17.2. The molecule has 4 rings (SSSR count). The Morgan fingerprint density at radius 3 is 2.77 bits per heavy atom. The van der Waals surface area contributed by atoms with E-state index < -0.39 is 17.7 Å². The maximum atomic E-state index is 13.7. The second-order valence-electron chi connectivity index (χ2n) is 8.02. The van der Waals surface area contributed by atoms with Crippen LogP contribution in [0.25, 0.3) is 5.65 Å². The van der Waals surface area contributed by atoms with Crippen LogP contribution in [-0.2, 0) is 0 Å². The van der Waals surface area contributed by atoms with E-state index in [2.05, 4.69) is 25.6 Å². The van der Waals surface area contributed by atoms with Gasteiger partial charge in [0.1, 0.15) is 17.3 Å².